The molecule has 106 valence electrons. The third kappa shape index (κ3) is 2.67. The Balaban J connectivity index is 2.17. The van der Waals surface area contributed by atoms with E-state index in [1.165, 1.54) is 14.2 Å². The molecule has 3 amide bonds. The number of benzene rings is 1. The second kappa shape index (κ2) is 5.62. The molecule has 20 heavy (non-hydrogen) atoms. The Bertz CT molecular complexity index is 588. The molecule has 1 aliphatic rings. The fourth-order valence-electron chi connectivity index (χ4n) is 1.96. The number of hydrogen-bond donors (Lipinski definition) is 1. The Morgan fingerprint density at radius 3 is 2.70 bits per heavy atom. The van der Waals surface area contributed by atoms with Crippen molar-refractivity contribution in [3.63, 3.8) is 0 Å². The summed E-state index contributed by atoms with van der Waals surface area (Å²) in [5.74, 6) is -0.764. The molecule has 2 rings (SSSR count). The van der Waals surface area contributed by atoms with Gasteiger partial charge in [0.05, 0.1) is 19.1 Å². The monoisotopic (exact) mass is 340 g/mol. The first-order valence-corrected chi connectivity index (χ1v) is 6.68. The molecule has 0 saturated carbocycles. The molecule has 1 atom stereocenters. The molecule has 0 aromatic heterocycles. The molecule has 1 unspecified atom stereocenters. The van der Waals surface area contributed by atoms with Gasteiger partial charge in [0.2, 0.25) is 5.91 Å². The molecular formula is C13H13BrN2O4. The standard InChI is InChI=1S/C13H13BrN2O4/c1-16-11(17)6-9(13(16)19)15-12(18)8-4-3-7(14)5-10(8)20-2/h3-5,9H,6H2,1-2H3,(H,15,18). The molecule has 1 saturated heterocycles. The zero-order chi connectivity index (χ0) is 14.9. The van der Waals surface area contributed by atoms with Gasteiger partial charge in [-0.05, 0) is 18.2 Å². The molecule has 0 spiro atoms. The van der Waals surface area contributed by atoms with Crippen molar-refractivity contribution in [2.45, 2.75) is 12.5 Å². The molecule has 0 bridgehead atoms. The number of halogens is 1. The van der Waals surface area contributed by atoms with E-state index in [4.69, 9.17) is 4.74 Å². The molecule has 7 heteroatoms. The van der Waals surface area contributed by atoms with Gasteiger partial charge >= 0.3 is 0 Å². The number of amides is 3. The predicted molar refractivity (Wildman–Crippen MR) is 74.3 cm³/mol. The third-order valence-electron chi connectivity index (χ3n) is 3.10. The first kappa shape index (κ1) is 14.5. The molecule has 0 aliphatic carbocycles. The summed E-state index contributed by atoms with van der Waals surface area (Å²) in [4.78, 5) is 36.3. The van der Waals surface area contributed by atoms with Crippen molar-refractivity contribution in [2.24, 2.45) is 0 Å². The molecule has 1 aromatic carbocycles. The van der Waals surface area contributed by atoms with Gasteiger partial charge < -0.3 is 10.1 Å². The minimum Gasteiger partial charge on any atom is -0.496 e. The number of carbonyl (C=O) groups is 3. The van der Waals surface area contributed by atoms with E-state index in [-0.39, 0.29) is 12.3 Å². The Labute approximate surface area is 124 Å². The van der Waals surface area contributed by atoms with Crippen LogP contribution in [0.25, 0.3) is 0 Å². The maximum Gasteiger partial charge on any atom is 0.255 e. The molecule has 1 heterocycles. The zero-order valence-electron chi connectivity index (χ0n) is 11.0. The number of likely N-dealkylation sites (tertiary alicyclic amines) is 1. The molecule has 1 aliphatic heterocycles. The summed E-state index contributed by atoms with van der Waals surface area (Å²) >= 11 is 3.28. The number of methoxy groups -OCH3 is 1. The molecule has 1 fully saturated rings. The summed E-state index contributed by atoms with van der Waals surface area (Å²) in [5, 5.41) is 2.55. The van der Waals surface area contributed by atoms with Gasteiger partial charge in [-0.1, -0.05) is 15.9 Å². The van der Waals surface area contributed by atoms with Crippen LogP contribution < -0.4 is 10.1 Å². The van der Waals surface area contributed by atoms with Crippen LogP contribution in [0, 0.1) is 0 Å². The van der Waals surface area contributed by atoms with Crippen molar-refractivity contribution in [3.8, 4) is 5.75 Å². The Morgan fingerprint density at radius 2 is 2.15 bits per heavy atom. The van der Waals surface area contributed by atoms with Gasteiger partial charge in [-0.25, -0.2) is 0 Å². The Kier molecular flexibility index (Phi) is 4.08. The van der Waals surface area contributed by atoms with Crippen LogP contribution >= 0.6 is 15.9 Å². The van der Waals surface area contributed by atoms with Crippen molar-refractivity contribution in [3.05, 3.63) is 28.2 Å². The second-order valence-corrected chi connectivity index (χ2v) is 5.28. The van der Waals surface area contributed by atoms with Crippen molar-refractivity contribution in [2.75, 3.05) is 14.2 Å². The maximum atomic E-state index is 12.2. The fourth-order valence-corrected chi connectivity index (χ4v) is 2.30. The third-order valence-corrected chi connectivity index (χ3v) is 3.59. The van der Waals surface area contributed by atoms with Crippen molar-refractivity contribution in [1.82, 2.24) is 10.2 Å². The van der Waals surface area contributed by atoms with E-state index in [2.05, 4.69) is 21.2 Å². The number of nitrogens with zero attached hydrogens (tertiary/aromatic N) is 1. The van der Waals surface area contributed by atoms with Crippen LogP contribution in [0.4, 0.5) is 0 Å². The molecular weight excluding hydrogens is 328 g/mol. The van der Waals surface area contributed by atoms with Gasteiger partial charge in [0, 0.05) is 11.5 Å². The first-order valence-electron chi connectivity index (χ1n) is 5.89. The van der Waals surface area contributed by atoms with Crippen LogP contribution in [0.5, 0.6) is 5.75 Å². The summed E-state index contributed by atoms with van der Waals surface area (Å²) in [6.07, 6.45) is -0.0140. The van der Waals surface area contributed by atoms with Gasteiger partial charge in [-0.2, -0.15) is 0 Å². The zero-order valence-corrected chi connectivity index (χ0v) is 12.6. The number of hydrogen-bond acceptors (Lipinski definition) is 4. The molecule has 1 aromatic rings. The lowest BCUT2D eigenvalue weighted by molar-refractivity contribution is -0.137. The largest absolute Gasteiger partial charge is 0.496 e. The quantitative estimate of drug-likeness (QED) is 0.831. The van der Waals surface area contributed by atoms with E-state index >= 15 is 0 Å². The number of ether oxygens (including phenoxy) is 1. The minimum atomic E-state index is -0.812. The molecule has 6 nitrogen and oxygen atoms in total. The van der Waals surface area contributed by atoms with E-state index in [0.717, 1.165) is 9.37 Å². The highest BCUT2D eigenvalue weighted by Gasteiger charge is 2.37. The Hall–Kier alpha value is -1.89. The molecule has 1 N–H and O–H groups in total. The number of likely N-dealkylation sites (N-methyl/N-ethyl adjacent to an activating group) is 1. The first-order chi connectivity index (χ1) is 9.43. The lowest BCUT2D eigenvalue weighted by Crippen LogP contribution is -2.40. The maximum absolute atomic E-state index is 12.2. The number of nitrogens with one attached hydrogen (secondary N) is 1. The van der Waals surface area contributed by atoms with Crippen LogP contribution in [0.3, 0.4) is 0 Å². The number of carbonyl (C=O) groups excluding carboxylic acids is 3. The van der Waals surface area contributed by atoms with E-state index in [9.17, 15) is 14.4 Å². The van der Waals surface area contributed by atoms with E-state index in [0.29, 0.717) is 11.3 Å². The summed E-state index contributed by atoms with van der Waals surface area (Å²) in [5.41, 5.74) is 0.311. The van der Waals surface area contributed by atoms with Gasteiger partial charge in [-0.15, -0.1) is 0 Å². The van der Waals surface area contributed by atoms with Crippen LogP contribution in [-0.2, 0) is 9.59 Å². The highest BCUT2D eigenvalue weighted by atomic mass is 79.9. The van der Waals surface area contributed by atoms with E-state index in [1.54, 1.807) is 18.2 Å². The van der Waals surface area contributed by atoms with Gasteiger partial charge in [-0.3, -0.25) is 19.3 Å². The summed E-state index contributed by atoms with van der Waals surface area (Å²) in [6, 6.07) is 4.13. The fraction of sp³-hybridized carbons (Fsp3) is 0.308. The molecule has 0 radical (unpaired) electrons. The van der Waals surface area contributed by atoms with E-state index in [1.807, 2.05) is 0 Å². The minimum absolute atomic E-state index is 0.0140. The average Bonchev–Trinajstić information content (AvgIpc) is 2.66. The predicted octanol–water partition coefficient (Wildman–Crippen LogP) is 0.945. The van der Waals surface area contributed by atoms with Crippen molar-refractivity contribution >= 4 is 33.7 Å². The summed E-state index contributed by atoms with van der Waals surface area (Å²) < 4.78 is 5.90. The lowest BCUT2D eigenvalue weighted by Gasteiger charge is -2.13. The van der Waals surface area contributed by atoms with Crippen LogP contribution in [0.2, 0.25) is 0 Å². The Morgan fingerprint density at radius 1 is 1.45 bits per heavy atom. The smallest absolute Gasteiger partial charge is 0.255 e. The SMILES string of the molecule is COc1cc(Br)ccc1C(=O)NC1CC(=O)N(C)C1=O. The van der Waals surface area contributed by atoms with E-state index < -0.39 is 17.9 Å². The van der Waals surface area contributed by atoms with Crippen LogP contribution in [0.15, 0.2) is 22.7 Å². The highest BCUT2D eigenvalue weighted by Crippen LogP contribution is 2.24. The van der Waals surface area contributed by atoms with Crippen molar-refractivity contribution in [1.29, 1.82) is 0 Å². The average molecular weight is 341 g/mol. The topological polar surface area (TPSA) is 75.7 Å². The van der Waals surface area contributed by atoms with Crippen LogP contribution in [-0.4, -0.2) is 42.8 Å². The van der Waals surface area contributed by atoms with Gasteiger partial charge in [0.1, 0.15) is 11.8 Å². The summed E-state index contributed by atoms with van der Waals surface area (Å²) in [7, 11) is 2.85. The highest BCUT2D eigenvalue weighted by molar-refractivity contribution is 9.10. The normalized spacial score (nSPS) is 18.4. The van der Waals surface area contributed by atoms with Crippen molar-refractivity contribution < 1.29 is 19.1 Å². The van der Waals surface area contributed by atoms with Gasteiger partial charge in [0.25, 0.3) is 11.8 Å². The number of imide groups is 1. The van der Waals surface area contributed by atoms with Crippen LogP contribution in [0.1, 0.15) is 16.8 Å². The second-order valence-electron chi connectivity index (χ2n) is 4.37. The lowest BCUT2D eigenvalue weighted by atomic mass is 10.1. The number of rotatable bonds is 3. The summed E-state index contributed by atoms with van der Waals surface area (Å²) in [6.45, 7) is 0. The van der Waals surface area contributed by atoms with Gasteiger partial charge in [0.15, 0.2) is 0 Å².